The Balaban J connectivity index is 2.73. The van der Waals surface area contributed by atoms with E-state index in [-0.39, 0.29) is 0 Å². The van der Waals surface area contributed by atoms with Gasteiger partial charge in [0.05, 0.1) is 11.2 Å². The molecule has 0 saturated carbocycles. The van der Waals surface area contributed by atoms with Crippen molar-refractivity contribution in [3.8, 4) is 0 Å². The molecule has 0 unspecified atom stereocenters. The number of halogens is 1. The second-order valence-corrected chi connectivity index (χ2v) is 4.21. The van der Waals surface area contributed by atoms with Crippen molar-refractivity contribution in [3.05, 3.63) is 40.0 Å². The Morgan fingerprint density at radius 1 is 1.36 bits per heavy atom. The predicted octanol–water partition coefficient (Wildman–Crippen LogP) is 2.76. The lowest BCUT2D eigenvalue weighted by molar-refractivity contribution is 0.985. The number of aryl methyl sites for hydroxylation is 1. The van der Waals surface area contributed by atoms with Gasteiger partial charge in [0, 0.05) is 16.4 Å². The molecule has 0 bridgehead atoms. The summed E-state index contributed by atoms with van der Waals surface area (Å²) in [4.78, 5) is 4.49. The SMILES string of the molecule is Cc1cc2cc(Br)ccc2nc1CN. The molecule has 2 nitrogen and oxygen atoms in total. The highest BCUT2D eigenvalue weighted by Gasteiger charge is 2.01. The molecule has 0 amide bonds. The summed E-state index contributed by atoms with van der Waals surface area (Å²) < 4.78 is 1.08. The minimum absolute atomic E-state index is 0.498. The lowest BCUT2D eigenvalue weighted by Crippen LogP contribution is -2.02. The lowest BCUT2D eigenvalue weighted by atomic mass is 10.1. The van der Waals surface area contributed by atoms with Gasteiger partial charge >= 0.3 is 0 Å². The van der Waals surface area contributed by atoms with Crippen LogP contribution in [0.4, 0.5) is 0 Å². The Hall–Kier alpha value is -0.930. The summed E-state index contributed by atoms with van der Waals surface area (Å²) in [6.45, 7) is 2.54. The van der Waals surface area contributed by atoms with Gasteiger partial charge < -0.3 is 5.73 Å². The molecular weight excluding hydrogens is 240 g/mol. The highest BCUT2D eigenvalue weighted by Crippen LogP contribution is 2.20. The molecule has 0 atom stereocenters. The predicted molar refractivity (Wildman–Crippen MR) is 62.1 cm³/mol. The highest BCUT2D eigenvalue weighted by molar-refractivity contribution is 9.10. The summed E-state index contributed by atoms with van der Waals surface area (Å²) in [6, 6.07) is 8.17. The number of hydrogen-bond acceptors (Lipinski definition) is 2. The molecule has 14 heavy (non-hydrogen) atoms. The number of nitrogens with zero attached hydrogens (tertiary/aromatic N) is 1. The normalized spacial score (nSPS) is 10.8. The first-order valence-electron chi connectivity index (χ1n) is 4.46. The summed E-state index contributed by atoms with van der Waals surface area (Å²) >= 11 is 3.44. The first-order chi connectivity index (χ1) is 6.70. The molecule has 3 heteroatoms. The number of nitrogens with two attached hydrogens (primary N) is 1. The Kier molecular flexibility index (Phi) is 2.52. The van der Waals surface area contributed by atoms with Crippen LogP contribution in [-0.4, -0.2) is 4.98 Å². The molecule has 2 aromatic rings. The van der Waals surface area contributed by atoms with Crippen molar-refractivity contribution in [2.45, 2.75) is 13.5 Å². The van der Waals surface area contributed by atoms with E-state index in [9.17, 15) is 0 Å². The third kappa shape index (κ3) is 1.65. The van der Waals surface area contributed by atoms with Crippen molar-refractivity contribution in [1.29, 1.82) is 0 Å². The molecule has 72 valence electrons. The van der Waals surface area contributed by atoms with Crippen LogP contribution in [0.3, 0.4) is 0 Å². The van der Waals surface area contributed by atoms with Crippen molar-refractivity contribution < 1.29 is 0 Å². The molecule has 0 aliphatic heterocycles. The monoisotopic (exact) mass is 250 g/mol. The largest absolute Gasteiger partial charge is 0.325 e. The number of aromatic nitrogens is 1. The number of benzene rings is 1. The van der Waals surface area contributed by atoms with E-state index in [0.717, 1.165) is 26.6 Å². The van der Waals surface area contributed by atoms with Crippen LogP contribution in [-0.2, 0) is 6.54 Å². The maximum absolute atomic E-state index is 5.60. The molecule has 1 aromatic heterocycles. The van der Waals surface area contributed by atoms with Gasteiger partial charge in [0.2, 0.25) is 0 Å². The van der Waals surface area contributed by atoms with Crippen LogP contribution < -0.4 is 5.73 Å². The summed E-state index contributed by atoms with van der Waals surface area (Å²) in [6.07, 6.45) is 0. The molecule has 0 aliphatic carbocycles. The van der Waals surface area contributed by atoms with E-state index >= 15 is 0 Å². The Morgan fingerprint density at radius 2 is 2.14 bits per heavy atom. The van der Waals surface area contributed by atoms with E-state index in [1.807, 2.05) is 19.1 Å². The van der Waals surface area contributed by atoms with E-state index in [2.05, 4.69) is 33.0 Å². The zero-order valence-electron chi connectivity index (χ0n) is 7.92. The van der Waals surface area contributed by atoms with Crippen molar-refractivity contribution in [1.82, 2.24) is 4.98 Å². The summed E-state index contributed by atoms with van der Waals surface area (Å²) in [7, 11) is 0. The topological polar surface area (TPSA) is 38.9 Å². The Bertz CT molecular complexity index is 480. The molecule has 0 fully saturated rings. The van der Waals surface area contributed by atoms with Crippen LogP contribution in [0.2, 0.25) is 0 Å². The van der Waals surface area contributed by atoms with Crippen LogP contribution in [0.5, 0.6) is 0 Å². The van der Waals surface area contributed by atoms with E-state index in [1.165, 1.54) is 0 Å². The van der Waals surface area contributed by atoms with Crippen molar-refractivity contribution >= 4 is 26.8 Å². The number of fused-ring (bicyclic) bond motifs is 1. The maximum Gasteiger partial charge on any atom is 0.0706 e. The smallest absolute Gasteiger partial charge is 0.0706 e. The first kappa shape index (κ1) is 9.62. The molecular formula is C11H11BrN2. The third-order valence-corrected chi connectivity index (χ3v) is 2.76. The van der Waals surface area contributed by atoms with Crippen LogP contribution in [0, 0.1) is 6.92 Å². The number of pyridine rings is 1. The van der Waals surface area contributed by atoms with Gasteiger partial charge in [0.15, 0.2) is 0 Å². The lowest BCUT2D eigenvalue weighted by Gasteiger charge is -2.05. The molecule has 2 N–H and O–H groups in total. The van der Waals surface area contributed by atoms with Crippen LogP contribution in [0.15, 0.2) is 28.7 Å². The standard InChI is InChI=1S/C11H11BrN2/c1-7-4-8-5-9(12)2-3-10(8)14-11(7)6-13/h2-5H,6,13H2,1H3. The zero-order valence-corrected chi connectivity index (χ0v) is 9.51. The van der Waals surface area contributed by atoms with E-state index in [4.69, 9.17) is 5.73 Å². The minimum Gasteiger partial charge on any atom is -0.325 e. The molecule has 0 radical (unpaired) electrons. The fourth-order valence-electron chi connectivity index (χ4n) is 1.50. The van der Waals surface area contributed by atoms with Crippen LogP contribution >= 0.6 is 15.9 Å². The van der Waals surface area contributed by atoms with Gasteiger partial charge in [-0.3, -0.25) is 4.98 Å². The van der Waals surface area contributed by atoms with Crippen molar-refractivity contribution in [3.63, 3.8) is 0 Å². The Labute approximate surface area is 91.3 Å². The molecule has 0 spiro atoms. The maximum atomic E-state index is 5.60. The van der Waals surface area contributed by atoms with Gasteiger partial charge in [-0.1, -0.05) is 15.9 Å². The quantitative estimate of drug-likeness (QED) is 0.846. The molecule has 2 rings (SSSR count). The van der Waals surface area contributed by atoms with Gasteiger partial charge in [-0.15, -0.1) is 0 Å². The van der Waals surface area contributed by atoms with Gasteiger partial charge in [0.1, 0.15) is 0 Å². The third-order valence-electron chi connectivity index (χ3n) is 2.27. The van der Waals surface area contributed by atoms with Gasteiger partial charge in [-0.25, -0.2) is 0 Å². The first-order valence-corrected chi connectivity index (χ1v) is 5.26. The summed E-state index contributed by atoms with van der Waals surface area (Å²) in [5.74, 6) is 0. The average molecular weight is 251 g/mol. The average Bonchev–Trinajstić information content (AvgIpc) is 2.16. The van der Waals surface area contributed by atoms with Crippen LogP contribution in [0.25, 0.3) is 10.9 Å². The fourth-order valence-corrected chi connectivity index (χ4v) is 1.88. The zero-order chi connectivity index (χ0) is 10.1. The number of hydrogen-bond donors (Lipinski definition) is 1. The van der Waals surface area contributed by atoms with Crippen molar-refractivity contribution in [2.24, 2.45) is 5.73 Å². The summed E-state index contributed by atoms with van der Waals surface area (Å²) in [5.41, 5.74) is 8.72. The van der Waals surface area contributed by atoms with E-state index in [0.29, 0.717) is 6.54 Å². The summed E-state index contributed by atoms with van der Waals surface area (Å²) in [5, 5.41) is 1.15. The second kappa shape index (κ2) is 3.67. The van der Waals surface area contributed by atoms with Gasteiger partial charge in [-0.05, 0) is 36.8 Å². The second-order valence-electron chi connectivity index (χ2n) is 3.29. The van der Waals surface area contributed by atoms with Crippen LogP contribution in [0.1, 0.15) is 11.3 Å². The molecule has 0 aliphatic rings. The Morgan fingerprint density at radius 3 is 2.86 bits per heavy atom. The van der Waals surface area contributed by atoms with E-state index in [1.54, 1.807) is 0 Å². The fraction of sp³-hybridized carbons (Fsp3) is 0.182. The minimum atomic E-state index is 0.498. The molecule has 0 saturated heterocycles. The number of rotatable bonds is 1. The molecule has 1 aromatic carbocycles. The van der Waals surface area contributed by atoms with Gasteiger partial charge in [0.25, 0.3) is 0 Å². The van der Waals surface area contributed by atoms with Crippen molar-refractivity contribution in [2.75, 3.05) is 0 Å². The van der Waals surface area contributed by atoms with E-state index < -0.39 is 0 Å². The molecule has 1 heterocycles. The highest BCUT2D eigenvalue weighted by atomic mass is 79.9. The van der Waals surface area contributed by atoms with Gasteiger partial charge in [-0.2, -0.15) is 0 Å².